The maximum absolute atomic E-state index is 11.6. The molecule has 1 rings (SSSR count). The summed E-state index contributed by atoms with van der Waals surface area (Å²) in [6.45, 7) is 12.7. The molecule has 1 heterocycles. The normalized spacial score (nSPS) is 24.3. The SMILES string of the molecule is C=CC(=O)O[C@@H]1OC[C@@H](OC(=O)C=C)[C@@H](OC(=O)C=C)[C@@H]1OC(=O)C=C. The average Bonchev–Trinajstić information content (AvgIpc) is 2.65. The molecular weight excluding hydrogens is 348 g/mol. The van der Waals surface area contributed by atoms with Crippen LogP contribution in [0.15, 0.2) is 50.6 Å². The lowest BCUT2D eigenvalue weighted by atomic mass is 10.0. The lowest BCUT2D eigenvalue weighted by molar-refractivity contribution is -0.271. The molecule has 0 N–H and O–H groups in total. The largest absolute Gasteiger partial charge is 0.453 e. The van der Waals surface area contributed by atoms with Crippen LogP contribution in [0, 0.1) is 0 Å². The van der Waals surface area contributed by atoms with E-state index in [1.54, 1.807) is 0 Å². The maximum Gasteiger partial charge on any atom is 0.332 e. The van der Waals surface area contributed by atoms with E-state index in [9.17, 15) is 19.2 Å². The van der Waals surface area contributed by atoms with Crippen LogP contribution < -0.4 is 0 Å². The van der Waals surface area contributed by atoms with Gasteiger partial charge >= 0.3 is 23.9 Å². The molecule has 0 spiro atoms. The Bertz CT molecular complexity index is 568. The van der Waals surface area contributed by atoms with Gasteiger partial charge in [-0.2, -0.15) is 0 Å². The van der Waals surface area contributed by atoms with Crippen molar-refractivity contribution in [3.8, 4) is 0 Å². The summed E-state index contributed by atoms with van der Waals surface area (Å²) in [6, 6.07) is 0. The highest BCUT2D eigenvalue weighted by Gasteiger charge is 2.48. The van der Waals surface area contributed by atoms with E-state index >= 15 is 0 Å². The molecule has 140 valence electrons. The summed E-state index contributed by atoms with van der Waals surface area (Å²) in [6.07, 6.45) is -1.92. The molecule has 0 aromatic carbocycles. The first kappa shape index (κ1) is 20.8. The van der Waals surface area contributed by atoms with Crippen molar-refractivity contribution in [2.24, 2.45) is 0 Å². The van der Waals surface area contributed by atoms with Crippen molar-refractivity contribution in [3.05, 3.63) is 50.6 Å². The van der Waals surface area contributed by atoms with E-state index in [-0.39, 0.29) is 6.61 Å². The molecule has 9 heteroatoms. The van der Waals surface area contributed by atoms with Gasteiger partial charge in [-0.15, -0.1) is 0 Å². The summed E-state index contributed by atoms with van der Waals surface area (Å²) in [7, 11) is 0. The minimum atomic E-state index is -1.44. The van der Waals surface area contributed by atoms with E-state index in [0.29, 0.717) is 0 Å². The topological polar surface area (TPSA) is 114 Å². The van der Waals surface area contributed by atoms with Gasteiger partial charge in [-0.1, -0.05) is 26.3 Å². The molecule has 0 radical (unpaired) electrons. The Morgan fingerprint density at radius 2 is 1.12 bits per heavy atom. The molecule has 0 amide bonds. The lowest BCUT2D eigenvalue weighted by Crippen LogP contribution is -2.58. The zero-order chi connectivity index (χ0) is 19.7. The second kappa shape index (κ2) is 9.94. The van der Waals surface area contributed by atoms with Crippen molar-refractivity contribution < 1.29 is 42.9 Å². The third-order valence-corrected chi connectivity index (χ3v) is 3.05. The van der Waals surface area contributed by atoms with Crippen molar-refractivity contribution in [3.63, 3.8) is 0 Å². The van der Waals surface area contributed by atoms with Gasteiger partial charge in [-0.25, -0.2) is 19.2 Å². The van der Waals surface area contributed by atoms with Gasteiger partial charge in [0.2, 0.25) is 12.4 Å². The predicted octanol–water partition coefficient (Wildman–Crippen LogP) is 0.365. The molecule has 0 aromatic heterocycles. The number of hydrogen-bond acceptors (Lipinski definition) is 9. The van der Waals surface area contributed by atoms with Crippen LogP contribution in [0.25, 0.3) is 0 Å². The van der Waals surface area contributed by atoms with Crippen LogP contribution >= 0.6 is 0 Å². The predicted molar refractivity (Wildman–Crippen MR) is 86.3 cm³/mol. The summed E-state index contributed by atoms with van der Waals surface area (Å²) in [4.78, 5) is 46.2. The summed E-state index contributed by atoms with van der Waals surface area (Å²) in [5.41, 5.74) is 0. The molecule has 0 aromatic rings. The first-order valence-corrected chi connectivity index (χ1v) is 7.30. The number of carbonyl (C=O) groups excluding carboxylic acids is 4. The van der Waals surface area contributed by atoms with E-state index in [1.807, 2.05) is 0 Å². The number of hydrogen-bond donors (Lipinski definition) is 0. The van der Waals surface area contributed by atoms with Crippen LogP contribution in [0.3, 0.4) is 0 Å². The molecule has 0 bridgehead atoms. The second-order valence-electron chi connectivity index (χ2n) is 4.73. The molecule has 4 atom stereocenters. The van der Waals surface area contributed by atoms with Crippen LogP contribution in [-0.4, -0.2) is 55.1 Å². The minimum Gasteiger partial charge on any atom is -0.453 e. The van der Waals surface area contributed by atoms with Gasteiger partial charge in [0.05, 0.1) is 6.61 Å². The summed E-state index contributed by atoms with van der Waals surface area (Å²) < 4.78 is 25.5. The summed E-state index contributed by atoms with van der Waals surface area (Å²) in [5.74, 6) is -3.49. The second-order valence-corrected chi connectivity index (χ2v) is 4.73. The third-order valence-electron chi connectivity index (χ3n) is 3.05. The quantitative estimate of drug-likeness (QED) is 0.341. The summed E-state index contributed by atoms with van der Waals surface area (Å²) in [5, 5.41) is 0. The molecule has 0 unspecified atom stereocenters. The fourth-order valence-electron chi connectivity index (χ4n) is 1.94. The molecule has 9 nitrogen and oxygen atoms in total. The Labute approximate surface area is 149 Å². The Morgan fingerprint density at radius 1 is 0.692 bits per heavy atom. The smallest absolute Gasteiger partial charge is 0.332 e. The van der Waals surface area contributed by atoms with E-state index in [0.717, 1.165) is 24.3 Å². The molecule has 1 aliphatic rings. The fraction of sp³-hybridized carbons (Fsp3) is 0.294. The van der Waals surface area contributed by atoms with Gasteiger partial charge < -0.3 is 23.7 Å². The maximum atomic E-state index is 11.6. The molecule has 1 fully saturated rings. The first-order valence-electron chi connectivity index (χ1n) is 7.30. The molecule has 26 heavy (non-hydrogen) atoms. The number of ether oxygens (including phenoxy) is 5. The minimum absolute atomic E-state index is 0.314. The number of rotatable bonds is 8. The molecule has 1 saturated heterocycles. The highest BCUT2D eigenvalue weighted by atomic mass is 16.7. The van der Waals surface area contributed by atoms with Gasteiger partial charge in [-0.3, -0.25) is 0 Å². The zero-order valence-corrected chi connectivity index (χ0v) is 13.8. The van der Waals surface area contributed by atoms with Crippen LogP contribution in [-0.2, 0) is 42.9 Å². The molecule has 1 aliphatic heterocycles. The highest BCUT2D eigenvalue weighted by Crippen LogP contribution is 2.25. The van der Waals surface area contributed by atoms with Gasteiger partial charge in [0.1, 0.15) is 0 Å². The van der Waals surface area contributed by atoms with Crippen molar-refractivity contribution in [1.29, 1.82) is 0 Å². The first-order chi connectivity index (χ1) is 12.4. The third kappa shape index (κ3) is 5.71. The van der Waals surface area contributed by atoms with Crippen molar-refractivity contribution in [2.75, 3.05) is 6.61 Å². The van der Waals surface area contributed by atoms with E-state index in [2.05, 4.69) is 26.3 Å². The molecular formula is C17H18O9. The Morgan fingerprint density at radius 3 is 1.62 bits per heavy atom. The van der Waals surface area contributed by atoms with E-state index in [1.165, 1.54) is 0 Å². The van der Waals surface area contributed by atoms with Gasteiger partial charge in [0.15, 0.2) is 12.2 Å². The van der Waals surface area contributed by atoms with Crippen molar-refractivity contribution in [1.82, 2.24) is 0 Å². The molecule has 0 aliphatic carbocycles. The monoisotopic (exact) mass is 366 g/mol. The Kier molecular flexibility index (Phi) is 7.97. The Balaban J connectivity index is 3.18. The van der Waals surface area contributed by atoms with Gasteiger partial charge in [0, 0.05) is 24.3 Å². The highest BCUT2D eigenvalue weighted by molar-refractivity contribution is 5.83. The van der Waals surface area contributed by atoms with Crippen LogP contribution in [0.2, 0.25) is 0 Å². The lowest BCUT2D eigenvalue weighted by Gasteiger charge is -2.39. The van der Waals surface area contributed by atoms with Crippen LogP contribution in [0.1, 0.15) is 0 Å². The van der Waals surface area contributed by atoms with Gasteiger partial charge in [0.25, 0.3) is 0 Å². The Hall–Kier alpha value is -3.20. The fourth-order valence-corrected chi connectivity index (χ4v) is 1.94. The van der Waals surface area contributed by atoms with Crippen molar-refractivity contribution >= 4 is 23.9 Å². The molecule has 0 saturated carbocycles. The number of esters is 4. The van der Waals surface area contributed by atoms with Gasteiger partial charge in [-0.05, 0) is 0 Å². The van der Waals surface area contributed by atoms with E-state index < -0.39 is 48.5 Å². The zero-order valence-electron chi connectivity index (χ0n) is 13.8. The standard InChI is InChI=1S/C17H18O9/c1-5-11(18)23-10-9-22-17(26-14(21)8-4)16(25-13(20)7-3)15(10)24-12(19)6-2/h5-8,10,15-17H,1-4,9H2/t10-,15-,16+,17+/m1/s1. The summed E-state index contributed by atoms with van der Waals surface area (Å²) >= 11 is 0. The van der Waals surface area contributed by atoms with Crippen LogP contribution in [0.4, 0.5) is 0 Å². The van der Waals surface area contributed by atoms with E-state index in [4.69, 9.17) is 23.7 Å². The number of carbonyl (C=O) groups is 4. The average molecular weight is 366 g/mol. The van der Waals surface area contributed by atoms with Crippen LogP contribution in [0.5, 0.6) is 0 Å². The van der Waals surface area contributed by atoms with Crippen molar-refractivity contribution in [2.45, 2.75) is 24.6 Å².